The fourth-order valence-corrected chi connectivity index (χ4v) is 2.13. The van der Waals surface area contributed by atoms with Crippen molar-refractivity contribution in [3.8, 4) is 5.75 Å². The third-order valence-electron chi connectivity index (χ3n) is 3.16. The van der Waals surface area contributed by atoms with Gasteiger partial charge >= 0.3 is 0 Å². The van der Waals surface area contributed by atoms with E-state index in [2.05, 4.69) is 9.97 Å². The molecule has 5 nitrogen and oxygen atoms in total. The van der Waals surface area contributed by atoms with Crippen LogP contribution in [-0.2, 0) is 17.8 Å². The summed E-state index contributed by atoms with van der Waals surface area (Å²) in [4.78, 5) is 18.2. The summed E-state index contributed by atoms with van der Waals surface area (Å²) in [5.41, 5.74) is 7.54. The topological polar surface area (TPSA) is 81.0 Å². The molecular weight excluding hydrogens is 285 g/mol. The van der Waals surface area contributed by atoms with E-state index in [0.29, 0.717) is 18.2 Å². The maximum Gasteiger partial charge on any atom is 0.225 e. The van der Waals surface area contributed by atoms with Crippen LogP contribution in [0, 0.1) is 5.82 Å². The predicted octanol–water partition coefficient (Wildman–Crippen LogP) is 2.31. The second-order valence-electron chi connectivity index (χ2n) is 4.92. The van der Waals surface area contributed by atoms with Gasteiger partial charge in [-0.25, -0.2) is 9.37 Å². The van der Waals surface area contributed by atoms with Gasteiger partial charge in [0, 0.05) is 6.07 Å². The molecule has 22 heavy (non-hydrogen) atoms. The number of fused-ring (bicyclic) bond motifs is 1. The number of nitrogens with one attached hydrogen (secondary N) is 1. The molecule has 0 radical (unpaired) electrons. The number of nitrogens with two attached hydrogens (primary N) is 1. The number of aromatic nitrogens is 2. The number of halogens is 1. The first-order valence-electron chi connectivity index (χ1n) is 6.74. The standard InChI is InChI=1S/C16H14FN3O2/c17-11-3-1-10(2-4-11)9-22-12-5-6-13-14(7-12)20-16(19-13)8-15(18)21/h1-7H,8-9H2,(H2,18,21)(H,19,20). The lowest BCUT2D eigenvalue weighted by atomic mass is 10.2. The molecule has 0 saturated heterocycles. The first kappa shape index (κ1) is 14.1. The van der Waals surface area contributed by atoms with E-state index >= 15 is 0 Å². The van der Waals surface area contributed by atoms with Crippen molar-refractivity contribution in [2.24, 2.45) is 5.73 Å². The molecule has 112 valence electrons. The van der Waals surface area contributed by atoms with E-state index < -0.39 is 5.91 Å². The summed E-state index contributed by atoms with van der Waals surface area (Å²) in [5.74, 6) is 0.473. The Hall–Kier alpha value is -2.89. The average Bonchev–Trinajstić information content (AvgIpc) is 2.87. The van der Waals surface area contributed by atoms with E-state index in [1.165, 1.54) is 12.1 Å². The lowest BCUT2D eigenvalue weighted by molar-refractivity contribution is -0.117. The lowest BCUT2D eigenvalue weighted by Crippen LogP contribution is -2.14. The van der Waals surface area contributed by atoms with Crippen molar-refractivity contribution >= 4 is 16.9 Å². The van der Waals surface area contributed by atoms with Gasteiger partial charge in [-0.1, -0.05) is 12.1 Å². The second kappa shape index (κ2) is 5.85. The Kier molecular flexibility index (Phi) is 3.74. The predicted molar refractivity (Wildman–Crippen MR) is 79.7 cm³/mol. The number of amides is 1. The molecule has 3 rings (SSSR count). The Labute approximate surface area is 125 Å². The minimum Gasteiger partial charge on any atom is -0.489 e. The number of aromatic amines is 1. The molecule has 1 amide bonds. The van der Waals surface area contributed by atoms with Crippen LogP contribution in [-0.4, -0.2) is 15.9 Å². The quantitative estimate of drug-likeness (QED) is 0.758. The molecule has 0 atom stereocenters. The molecular formula is C16H14FN3O2. The van der Waals surface area contributed by atoms with Gasteiger partial charge < -0.3 is 15.5 Å². The molecule has 0 spiro atoms. The molecule has 3 aromatic rings. The van der Waals surface area contributed by atoms with Gasteiger partial charge in [-0.15, -0.1) is 0 Å². The number of hydrogen-bond donors (Lipinski definition) is 2. The molecule has 0 aliphatic heterocycles. The van der Waals surface area contributed by atoms with E-state index in [1.54, 1.807) is 30.3 Å². The van der Waals surface area contributed by atoms with Crippen molar-refractivity contribution in [3.05, 3.63) is 59.7 Å². The maximum absolute atomic E-state index is 12.8. The van der Waals surface area contributed by atoms with Crippen LogP contribution in [0.3, 0.4) is 0 Å². The summed E-state index contributed by atoms with van der Waals surface area (Å²) >= 11 is 0. The van der Waals surface area contributed by atoms with Gasteiger partial charge in [-0.3, -0.25) is 4.79 Å². The number of hydrogen-bond acceptors (Lipinski definition) is 3. The molecule has 0 aliphatic carbocycles. The number of imidazole rings is 1. The molecule has 0 unspecified atom stereocenters. The zero-order chi connectivity index (χ0) is 15.5. The Balaban J connectivity index is 1.73. The monoisotopic (exact) mass is 299 g/mol. The zero-order valence-corrected chi connectivity index (χ0v) is 11.7. The summed E-state index contributed by atoms with van der Waals surface area (Å²) in [6, 6.07) is 11.5. The number of ether oxygens (including phenoxy) is 1. The SMILES string of the molecule is NC(=O)Cc1nc2ccc(OCc3ccc(F)cc3)cc2[nH]1. The first-order chi connectivity index (χ1) is 10.6. The Bertz CT molecular complexity index is 812. The number of carbonyl (C=O) groups excluding carboxylic acids is 1. The van der Waals surface area contributed by atoms with Crippen molar-refractivity contribution < 1.29 is 13.9 Å². The second-order valence-corrected chi connectivity index (χ2v) is 4.92. The van der Waals surface area contributed by atoms with Crippen LogP contribution < -0.4 is 10.5 Å². The highest BCUT2D eigenvalue weighted by molar-refractivity contribution is 5.80. The van der Waals surface area contributed by atoms with E-state index in [0.717, 1.165) is 16.6 Å². The fraction of sp³-hybridized carbons (Fsp3) is 0.125. The minimum atomic E-state index is -0.438. The number of rotatable bonds is 5. The molecule has 3 N–H and O–H groups in total. The molecule has 2 aromatic carbocycles. The molecule has 0 aliphatic rings. The molecule has 1 aromatic heterocycles. The van der Waals surface area contributed by atoms with Crippen molar-refractivity contribution in [2.75, 3.05) is 0 Å². The number of nitrogens with zero attached hydrogens (tertiary/aromatic N) is 1. The van der Waals surface area contributed by atoms with Crippen LogP contribution in [0.2, 0.25) is 0 Å². The van der Waals surface area contributed by atoms with Gasteiger partial charge in [0.25, 0.3) is 0 Å². The van der Waals surface area contributed by atoms with Crippen molar-refractivity contribution in [3.63, 3.8) is 0 Å². The summed E-state index contributed by atoms with van der Waals surface area (Å²) < 4.78 is 18.5. The highest BCUT2D eigenvalue weighted by Crippen LogP contribution is 2.20. The Morgan fingerprint density at radius 3 is 2.73 bits per heavy atom. The number of carbonyl (C=O) groups is 1. The summed E-state index contributed by atoms with van der Waals surface area (Å²) in [6.07, 6.45) is 0.0699. The Morgan fingerprint density at radius 2 is 2.00 bits per heavy atom. The van der Waals surface area contributed by atoms with Gasteiger partial charge in [0.15, 0.2) is 0 Å². The van der Waals surface area contributed by atoms with Crippen LogP contribution in [0.15, 0.2) is 42.5 Å². The largest absolute Gasteiger partial charge is 0.489 e. The van der Waals surface area contributed by atoms with Crippen LogP contribution in [0.25, 0.3) is 11.0 Å². The number of H-pyrrole nitrogens is 1. The maximum atomic E-state index is 12.8. The van der Waals surface area contributed by atoms with Gasteiger partial charge in [-0.2, -0.15) is 0 Å². The molecule has 1 heterocycles. The van der Waals surface area contributed by atoms with Crippen LogP contribution >= 0.6 is 0 Å². The summed E-state index contributed by atoms with van der Waals surface area (Å²) in [6.45, 7) is 0.341. The normalized spacial score (nSPS) is 10.8. The molecule has 0 saturated carbocycles. The van der Waals surface area contributed by atoms with Crippen LogP contribution in [0.5, 0.6) is 5.75 Å². The van der Waals surface area contributed by atoms with E-state index in [1.807, 2.05) is 0 Å². The van der Waals surface area contributed by atoms with E-state index in [4.69, 9.17) is 10.5 Å². The third kappa shape index (κ3) is 3.22. The van der Waals surface area contributed by atoms with Crippen molar-refractivity contribution in [1.82, 2.24) is 9.97 Å². The van der Waals surface area contributed by atoms with Gasteiger partial charge in [0.2, 0.25) is 5.91 Å². The summed E-state index contributed by atoms with van der Waals surface area (Å²) in [7, 11) is 0. The van der Waals surface area contributed by atoms with Crippen LogP contribution in [0.1, 0.15) is 11.4 Å². The Morgan fingerprint density at radius 1 is 1.23 bits per heavy atom. The highest BCUT2D eigenvalue weighted by Gasteiger charge is 2.07. The summed E-state index contributed by atoms with van der Waals surface area (Å²) in [5, 5.41) is 0. The van der Waals surface area contributed by atoms with Gasteiger partial charge in [-0.05, 0) is 29.8 Å². The zero-order valence-electron chi connectivity index (χ0n) is 11.7. The van der Waals surface area contributed by atoms with E-state index in [9.17, 15) is 9.18 Å². The molecule has 0 fully saturated rings. The molecule has 6 heteroatoms. The first-order valence-corrected chi connectivity index (χ1v) is 6.74. The lowest BCUT2D eigenvalue weighted by Gasteiger charge is -2.06. The van der Waals surface area contributed by atoms with Crippen LogP contribution in [0.4, 0.5) is 4.39 Å². The minimum absolute atomic E-state index is 0.0699. The van der Waals surface area contributed by atoms with Crippen molar-refractivity contribution in [1.29, 1.82) is 0 Å². The third-order valence-corrected chi connectivity index (χ3v) is 3.16. The van der Waals surface area contributed by atoms with Crippen molar-refractivity contribution in [2.45, 2.75) is 13.0 Å². The smallest absolute Gasteiger partial charge is 0.225 e. The highest BCUT2D eigenvalue weighted by atomic mass is 19.1. The number of primary amides is 1. The fourth-order valence-electron chi connectivity index (χ4n) is 2.13. The average molecular weight is 299 g/mol. The van der Waals surface area contributed by atoms with Gasteiger partial charge in [0.05, 0.1) is 17.5 Å². The van der Waals surface area contributed by atoms with E-state index in [-0.39, 0.29) is 12.2 Å². The number of benzene rings is 2. The van der Waals surface area contributed by atoms with Gasteiger partial charge in [0.1, 0.15) is 24.0 Å². The molecule has 0 bridgehead atoms.